The van der Waals surface area contributed by atoms with Crippen molar-refractivity contribution < 1.29 is 27.5 Å². The number of hydrogen-bond acceptors (Lipinski definition) is 4. The van der Waals surface area contributed by atoms with Crippen LogP contribution >= 0.6 is 0 Å². The third kappa shape index (κ3) is 4.67. The molecule has 9 heteroatoms. The molecule has 33 heavy (non-hydrogen) atoms. The van der Waals surface area contributed by atoms with Gasteiger partial charge in [-0.1, -0.05) is 18.2 Å². The number of nitrogens with one attached hydrogen (secondary N) is 2. The number of fused-ring (bicyclic) bond motifs is 1. The molecule has 1 aliphatic rings. The molecule has 2 N–H and O–H groups in total. The molecule has 1 aromatic heterocycles. The number of rotatable bonds is 4. The highest BCUT2D eigenvalue weighted by Crippen LogP contribution is 2.33. The second kappa shape index (κ2) is 8.57. The molecule has 0 fully saturated rings. The van der Waals surface area contributed by atoms with Gasteiger partial charge in [0.15, 0.2) is 5.78 Å². The van der Waals surface area contributed by atoms with E-state index in [0.29, 0.717) is 17.9 Å². The van der Waals surface area contributed by atoms with Gasteiger partial charge in [-0.3, -0.25) is 14.4 Å². The Balaban J connectivity index is 1.58. The highest BCUT2D eigenvalue weighted by molar-refractivity contribution is 6.06. The van der Waals surface area contributed by atoms with E-state index in [1.54, 1.807) is 19.2 Å². The summed E-state index contributed by atoms with van der Waals surface area (Å²) in [7, 11) is 1.56. The van der Waals surface area contributed by atoms with Crippen molar-refractivity contribution in [1.29, 1.82) is 0 Å². The number of carbonyl (C=O) groups is 2. The van der Waals surface area contributed by atoms with Crippen molar-refractivity contribution in [3.8, 4) is 5.75 Å². The number of carbonyl (C=O) groups excluding carboxylic acids is 2. The molecule has 6 nitrogen and oxygen atoms in total. The maximum absolute atomic E-state index is 12.9. The van der Waals surface area contributed by atoms with Crippen LogP contribution in [0.2, 0.25) is 0 Å². The van der Waals surface area contributed by atoms with Crippen LogP contribution in [-0.4, -0.2) is 23.8 Å². The molecule has 1 heterocycles. The van der Waals surface area contributed by atoms with Crippen LogP contribution in [0, 0.1) is 0 Å². The fraction of sp³-hybridized carbons (Fsp3) is 0.208. The van der Waals surface area contributed by atoms with Gasteiger partial charge >= 0.3 is 6.18 Å². The van der Waals surface area contributed by atoms with Gasteiger partial charge in [0.2, 0.25) is 0 Å². The molecule has 4 rings (SSSR count). The summed E-state index contributed by atoms with van der Waals surface area (Å²) in [5.41, 5.74) is -0.538. The number of ketones is 1. The number of anilines is 1. The van der Waals surface area contributed by atoms with Crippen LogP contribution in [0.4, 0.5) is 18.9 Å². The topological polar surface area (TPSA) is 88.3 Å². The molecule has 0 saturated carbocycles. The van der Waals surface area contributed by atoms with E-state index in [9.17, 15) is 27.6 Å². The monoisotopic (exact) mass is 456 g/mol. The Kier molecular flexibility index (Phi) is 5.80. The molecule has 1 amide bonds. The number of amides is 1. The molecule has 0 radical (unpaired) electrons. The Morgan fingerprint density at radius 2 is 1.79 bits per heavy atom. The molecule has 0 spiro atoms. The highest BCUT2D eigenvalue weighted by atomic mass is 19.4. The van der Waals surface area contributed by atoms with E-state index in [1.807, 2.05) is 12.1 Å². The lowest BCUT2D eigenvalue weighted by molar-refractivity contribution is -0.137. The minimum atomic E-state index is -4.57. The first-order chi connectivity index (χ1) is 15.7. The van der Waals surface area contributed by atoms with Crippen LogP contribution in [0.3, 0.4) is 0 Å². The predicted octanol–water partition coefficient (Wildman–Crippen LogP) is 4.57. The molecule has 170 valence electrons. The van der Waals surface area contributed by atoms with E-state index in [2.05, 4.69) is 10.3 Å². The fourth-order valence-electron chi connectivity index (χ4n) is 3.88. The van der Waals surface area contributed by atoms with Crippen molar-refractivity contribution in [3.05, 3.63) is 92.9 Å². The minimum Gasteiger partial charge on any atom is -0.497 e. The van der Waals surface area contributed by atoms with Crippen molar-refractivity contribution in [1.82, 2.24) is 4.98 Å². The van der Waals surface area contributed by atoms with Gasteiger partial charge < -0.3 is 15.0 Å². The number of alkyl halides is 3. The van der Waals surface area contributed by atoms with Crippen LogP contribution in [0.1, 0.15) is 49.9 Å². The molecule has 0 saturated heterocycles. The van der Waals surface area contributed by atoms with Gasteiger partial charge in [-0.25, -0.2) is 0 Å². The highest BCUT2D eigenvalue weighted by Gasteiger charge is 2.31. The average Bonchev–Trinajstić information content (AvgIpc) is 2.78. The third-order valence-corrected chi connectivity index (χ3v) is 5.59. The van der Waals surface area contributed by atoms with Crippen molar-refractivity contribution >= 4 is 17.4 Å². The van der Waals surface area contributed by atoms with Crippen molar-refractivity contribution in [2.75, 3.05) is 12.4 Å². The van der Waals surface area contributed by atoms with Crippen LogP contribution in [0.15, 0.2) is 59.4 Å². The molecular weight excluding hydrogens is 437 g/mol. The smallest absolute Gasteiger partial charge is 0.416 e. The Morgan fingerprint density at radius 1 is 1.06 bits per heavy atom. The molecule has 0 unspecified atom stereocenters. The molecular formula is C24H19F3N2O4. The van der Waals surface area contributed by atoms with Crippen molar-refractivity contribution in [3.63, 3.8) is 0 Å². The Morgan fingerprint density at radius 3 is 2.45 bits per heavy atom. The second-order valence-corrected chi connectivity index (χ2v) is 7.74. The van der Waals surface area contributed by atoms with Crippen LogP contribution in [0.25, 0.3) is 0 Å². The number of ether oxygens (including phenoxy) is 1. The SMILES string of the molecule is COc1ccc([C@H]2CC(=O)c3cc(C(=O)Nc4cccc(C(F)(F)F)c4)c(=O)[nH]c3C2)cc1. The van der Waals surface area contributed by atoms with E-state index in [0.717, 1.165) is 23.8 Å². The summed E-state index contributed by atoms with van der Waals surface area (Å²) in [6.07, 6.45) is -3.98. The summed E-state index contributed by atoms with van der Waals surface area (Å²) >= 11 is 0. The maximum atomic E-state index is 12.9. The quantitative estimate of drug-likeness (QED) is 0.602. The lowest BCUT2D eigenvalue weighted by Crippen LogP contribution is -2.29. The van der Waals surface area contributed by atoms with Gasteiger partial charge in [0, 0.05) is 23.4 Å². The van der Waals surface area contributed by atoms with Crippen molar-refractivity contribution in [2.45, 2.75) is 24.9 Å². The number of aromatic nitrogens is 1. The van der Waals surface area contributed by atoms with Crippen LogP contribution in [0.5, 0.6) is 5.75 Å². The predicted molar refractivity (Wildman–Crippen MR) is 115 cm³/mol. The van der Waals surface area contributed by atoms with E-state index < -0.39 is 23.2 Å². The zero-order valence-corrected chi connectivity index (χ0v) is 17.5. The first kappa shape index (κ1) is 22.3. The number of aromatic amines is 1. The third-order valence-electron chi connectivity index (χ3n) is 5.59. The molecule has 1 atom stereocenters. The first-order valence-electron chi connectivity index (χ1n) is 10.1. The number of pyridine rings is 1. The van der Waals surface area contributed by atoms with E-state index >= 15 is 0 Å². The standard InChI is InChI=1S/C24H19F3N2O4/c1-33-17-7-5-13(6-8-17)14-9-20-18(21(30)10-14)12-19(23(32)29-20)22(31)28-16-4-2-3-15(11-16)24(25,26)27/h2-8,11-12,14H,9-10H2,1H3,(H,28,31)(H,29,32)/t14-/m1/s1. The number of Topliss-reactive ketones (excluding diaryl/α,β-unsaturated/α-hetero) is 1. The largest absolute Gasteiger partial charge is 0.497 e. The van der Waals surface area contributed by atoms with Crippen molar-refractivity contribution in [2.24, 2.45) is 0 Å². The number of halogens is 3. The van der Waals surface area contributed by atoms with E-state index in [1.165, 1.54) is 12.1 Å². The van der Waals surface area contributed by atoms with Gasteiger partial charge in [-0.05, 0) is 54.3 Å². The van der Waals surface area contributed by atoms with Crippen LogP contribution in [-0.2, 0) is 12.6 Å². The molecule has 3 aromatic rings. The number of H-pyrrole nitrogens is 1. The fourth-order valence-corrected chi connectivity index (χ4v) is 3.88. The number of methoxy groups -OCH3 is 1. The molecule has 2 aromatic carbocycles. The lowest BCUT2D eigenvalue weighted by Gasteiger charge is -2.24. The summed E-state index contributed by atoms with van der Waals surface area (Å²) < 4.78 is 43.9. The lowest BCUT2D eigenvalue weighted by atomic mass is 9.81. The summed E-state index contributed by atoms with van der Waals surface area (Å²) in [6, 6.07) is 12.6. The summed E-state index contributed by atoms with van der Waals surface area (Å²) in [6.45, 7) is 0. The summed E-state index contributed by atoms with van der Waals surface area (Å²) in [4.78, 5) is 40.6. The van der Waals surface area contributed by atoms with Gasteiger partial charge in [-0.2, -0.15) is 13.2 Å². The summed E-state index contributed by atoms with van der Waals surface area (Å²) in [5.74, 6) is -0.590. The molecule has 1 aliphatic carbocycles. The average molecular weight is 456 g/mol. The van der Waals surface area contributed by atoms with Gasteiger partial charge in [0.1, 0.15) is 11.3 Å². The van der Waals surface area contributed by atoms with E-state index in [4.69, 9.17) is 4.74 Å². The zero-order valence-electron chi connectivity index (χ0n) is 17.5. The van der Waals surface area contributed by atoms with Gasteiger partial charge in [0.05, 0.1) is 12.7 Å². The number of hydrogen-bond donors (Lipinski definition) is 2. The molecule has 0 aliphatic heterocycles. The zero-order chi connectivity index (χ0) is 23.8. The first-order valence-corrected chi connectivity index (χ1v) is 10.1. The Hall–Kier alpha value is -3.88. The molecule has 0 bridgehead atoms. The maximum Gasteiger partial charge on any atom is 0.416 e. The van der Waals surface area contributed by atoms with Gasteiger partial charge in [0.25, 0.3) is 11.5 Å². The second-order valence-electron chi connectivity index (χ2n) is 7.74. The normalized spacial score (nSPS) is 15.6. The Bertz CT molecular complexity index is 1280. The Labute approximate surface area is 186 Å². The number of benzene rings is 2. The minimum absolute atomic E-state index is 0.113. The summed E-state index contributed by atoms with van der Waals surface area (Å²) in [5, 5.41) is 2.30. The van der Waals surface area contributed by atoms with Crippen LogP contribution < -0.4 is 15.6 Å². The van der Waals surface area contributed by atoms with E-state index in [-0.39, 0.29) is 34.9 Å². The van der Waals surface area contributed by atoms with Gasteiger partial charge in [-0.15, -0.1) is 0 Å².